The fourth-order valence-corrected chi connectivity index (χ4v) is 2.00. The van der Waals surface area contributed by atoms with Gasteiger partial charge in [0.25, 0.3) is 0 Å². The third-order valence-electron chi connectivity index (χ3n) is 3.39. The zero-order valence-corrected chi connectivity index (χ0v) is 11.3. The van der Waals surface area contributed by atoms with Crippen molar-refractivity contribution in [2.24, 2.45) is 5.92 Å². The molecule has 0 aromatic rings. The van der Waals surface area contributed by atoms with Crippen molar-refractivity contribution in [3.8, 4) is 0 Å². The molecule has 1 amide bonds. The molecule has 1 fully saturated rings. The molecule has 0 spiro atoms. The van der Waals surface area contributed by atoms with E-state index in [2.05, 4.69) is 39.9 Å². The molecule has 1 aliphatic rings. The zero-order valence-electron chi connectivity index (χ0n) is 11.3. The van der Waals surface area contributed by atoms with Gasteiger partial charge in [-0.15, -0.1) is 0 Å². The number of hydrogen-bond donors (Lipinski definition) is 1. The number of hydrogen-bond acceptors (Lipinski definition) is 2. The molecule has 0 aromatic heterocycles. The number of carbonyl (C=O) groups excluding carboxylic acids is 1. The van der Waals surface area contributed by atoms with Crippen LogP contribution in [-0.4, -0.2) is 35.5 Å². The molecule has 94 valence electrons. The number of amides is 1. The fraction of sp³-hybridized carbons (Fsp3) is 0.923. The van der Waals surface area contributed by atoms with E-state index in [1.165, 1.54) is 6.42 Å². The Balaban J connectivity index is 2.42. The van der Waals surface area contributed by atoms with Crippen molar-refractivity contribution in [1.82, 2.24) is 10.2 Å². The fourth-order valence-electron chi connectivity index (χ4n) is 2.00. The molecule has 1 saturated heterocycles. The van der Waals surface area contributed by atoms with Gasteiger partial charge >= 0.3 is 0 Å². The molecule has 0 radical (unpaired) electrons. The normalized spacial score (nSPS) is 23.9. The summed E-state index contributed by atoms with van der Waals surface area (Å²) in [6.45, 7) is 12.6. The van der Waals surface area contributed by atoms with E-state index in [0.29, 0.717) is 18.4 Å². The smallest absolute Gasteiger partial charge is 0.224 e. The monoisotopic (exact) mass is 226 g/mol. The lowest BCUT2D eigenvalue weighted by Crippen LogP contribution is -2.44. The van der Waals surface area contributed by atoms with Crippen LogP contribution in [0.15, 0.2) is 0 Å². The van der Waals surface area contributed by atoms with Crippen LogP contribution in [0.3, 0.4) is 0 Å². The minimum atomic E-state index is -0.0378. The molecule has 0 aliphatic carbocycles. The highest BCUT2D eigenvalue weighted by Gasteiger charge is 2.35. The van der Waals surface area contributed by atoms with Crippen LogP contribution in [-0.2, 0) is 4.79 Å². The first-order valence-electron chi connectivity index (χ1n) is 6.38. The standard InChI is InChI=1S/C13H26N2O/c1-6-10(2)8-14-11-7-12(16)15(9-11)13(3,4)5/h10-11,14H,6-9H2,1-5H3. The molecular weight excluding hydrogens is 200 g/mol. The van der Waals surface area contributed by atoms with Crippen molar-refractivity contribution in [3.63, 3.8) is 0 Å². The third-order valence-corrected chi connectivity index (χ3v) is 3.39. The van der Waals surface area contributed by atoms with Gasteiger partial charge in [0.1, 0.15) is 0 Å². The van der Waals surface area contributed by atoms with Crippen LogP contribution in [0.2, 0.25) is 0 Å². The highest BCUT2D eigenvalue weighted by Crippen LogP contribution is 2.21. The summed E-state index contributed by atoms with van der Waals surface area (Å²) in [5, 5.41) is 3.50. The van der Waals surface area contributed by atoms with Crippen molar-refractivity contribution >= 4 is 5.91 Å². The lowest BCUT2D eigenvalue weighted by Gasteiger charge is -2.32. The van der Waals surface area contributed by atoms with Gasteiger partial charge in [-0.05, 0) is 33.2 Å². The summed E-state index contributed by atoms with van der Waals surface area (Å²) >= 11 is 0. The predicted molar refractivity (Wildman–Crippen MR) is 67.3 cm³/mol. The van der Waals surface area contributed by atoms with Gasteiger partial charge in [0.2, 0.25) is 5.91 Å². The second-order valence-electron chi connectivity index (χ2n) is 6.00. The van der Waals surface area contributed by atoms with E-state index in [0.717, 1.165) is 13.1 Å². The largest absolute Gasteiger partial charge is 0.336 e. The molecule has 1 N–H and O–H groups in total. The average Bonchev–Trinajstić information content (AvgIpc) is 2.55. The van der Waals surface area contributed by atoms with E-state index >= 15 is 0 Å². The second kappa shape index (κ2) is 5.17. The van der Waals surface area contributed by atoms with Crippen molar-refractivity contribution in [2.45, 2.75) is 59.0 Å². The summed E-state index contributed by atoms with van der Waals surface area (Å²) in [4.78, 5) is 13.8. The van der Waals surface area contributed by atoms with E-state index in [4.69, 9.17) is 0 Å². The Morgan fingerprint density at radius 3 is 2.56 bits per heavy atom. The van der Waals surface area contributed by atoms with E-state index in [-0.39, 0.29) is 11.4 Å². The van der Waals surface area contributed by atoms with Gasteiger partial charge in [-0.25, -0.2) is 0 Å². The Hall–Kier alpha value is -0.570. The van der Waals surface area contributed by atoms with E-state index in [9.17, 15) is 4.79 Å². The molecule has 1 heterocycles. The van der Waals surface area contributed by atoms with Crippen LogP contribution in [0.25, 0.3) is 0 Å². The summed E-state index contributed by atoms with van der Waals surface area (Å²) in [6, 6.07) is 0.348. The molecular formula is C13H26N2O. The number of nitrogens with one attached hydrogen (secondary N) is 1. The Morgan fingerprint density at radius 1 is 1.50 bits per heavy atom. The Kier molecular flexibility index (Phi) is 4.36. The Labute approximate surface area is 99.6 Å². The minimum absolute atomic E-state index is 0.0378. The van der Waals surface area contributed by atoms with Crippen LogP contribution in [0.4, 0.5) is 0 Å². The van der Waals surface area contributed by atoms with Crippen molar-refractivity contribution in [3.05, 3.63) is 0 Å². The average molecular weight is 226 g/mol. The zero-order chi connectivity index (χ0) is 12.3. The molecule has 1 rings (SSSR count). The summed E-state index contributed by atoms with van der Waals surface area (Å²) in [5.74, 6) is 0.980. The van der Waals surface area contributed by atoms with E-state index in [1.807, 2.05) is 4.90 Å². The maximum absolute atomic E-state index is 11.8. The number of carbonyl (C=O) groups is 1. The first-order valence-corrected chi connectivity index (χ1v) is 6.38. The minimum Gasteiger partial charge on any atom is -0.336 e. The topological polar surface area (TPSA) is 32.3 Å². The predicted octanol–water partition coefficient (Wildman–Crippen LogP) is 2.02. The molecule has 0 bridgehead atoms. The number of rotatable bonds is 4. The molecule has 2 unspecified atom stereocenters. The van der Waals surface area contributed by atoms with Crippen molar-refractivity contribution in [2.75, 3.05) is 13.1 Å². The summed E-state index contributed by atoms with van der Waals surface area (Å²) in [6.07, 6.45) is 1.85. The Morgan fingerprint density at radius 2 is 2.12 bits per heavy atom. The lowest BCUT2D eigenvalue weighted by atomic mass is 10.1. The molecule has 3 nitrogen and oxygen atoms in total. The maximum Gasteiger partial charge on any atom is 0.224 e. The van der Waals surface area contributed by atoms with Crippen LogP contribution in [0.1, 0.15) is 47.5 Å². The quantitative estimate of drug-likeness (QED) is 0.795. The summed E-state index contributed by atoms with van der Waals surface area (Å²) < 4.78 is 0. The molecule has 2 atom stereocenters. The van der Waals surface area contributed by atoms with Crippen LogP contribution in [0, 0.1) is 5.92 Å². The van der Waals surface area contributed by atoms with Crippen molar-refractivity contribution in [1.29, 1.82) is 0 Å². The van der Waals surface area contributed by atoms with Crippen LogP contribution < -0.4 is 5.32 Å². The second-order valence-corrected chi connectivity index (χ2v) is 6.00. The van der Waals surface area contributed by atoms with E-state index < -0.39 is 0 Å². The Bertz CT molecular complexity index is 245. The molecule has 1 aliphatic heterocycles. The first-order chi connectivity index (χ1) is 7.34. The lowest BCUT2D eigenvalue weighted by molar-refractivity contribution is -0.131. The van der Waals surface area contributed by atoms with Gasteiger partial charge in [-0.2, -0.15) is 0 Å². The van der Waals surface area contributed by atoms with Gasteiger partial charge in [-0.1, -0.05) is 20.3 Å². The van der Waals surface area contributed by atoms with Crippen LogP contribution >= 0.6 is 0 Å². The van der Waals surface area contributed by atoms with Gasteiger partial charge < -0.3 is 10.2 Å². The van der Waals surface area contributed by atoms with Crippen molar-refractivity contribution < 1.29 is 4.79 Å². The van der Waals surface area contributed by atoms with Gasteiger partial charge in [-0.3, -0.25) is 4.79 Å². The summed E-state index contributed by atoms with van der Waals surface area (Å²) in [5.41, 5.74) is -0.0378. The van der Waals surface area contributed by atoms with Gasteiger partial charge in [0, 0.05) is 24.5 Å². The number of likely N-dealkylation sites (tertiary alicyclic amines) is 1. The van der Waals surface area contributed by atoms with E-state index in [1.54, 1.807) is 0 Å². The third kappa shape index (κ3) is 3.48. The van der Waals surface area contributed by atoms with Gasteiger partial charge in [0.15, 0.2) is 0 Å². The first kappa shape index (κ1) is 13.5. The summed E-state index contributed by atoms with van der Waals surface area (Å²) in [7, 11) is 0. The van der Waals surface area contributed by atoms with Gasteiger partial charge in [0.05, 0.1) is 0 Å². The molecule has 16 heavy (non-hydrogen) atoms. The highest BCUT2D eigenvalue weighted by atomic mass is 16.2. The maximum atomic E-state index is 11.8. The molecule has 3 heteroatoms. The van der Waals surface area contributed by atoms with Crippen LogP contribution in [0.5, 0.6) is 0 Å². The molecule has 0 aromatic carbocycles. The number of nitrogens with zero attached hydrogens (tertiary/aromatic N) is 1. The molecule has 0 saturated carbocycles. The highest BCUT2D eigenvalue weighted by molar-refractivity contribution is 5.80. The SMILES string of the molecule is CCC(C)CNC1CC(=O)N(C(C)(C)C)C1.